The van der Waals surface area contributed by atoms with Crippen LogP contribution in [0.3, 0.4) is 0 Å². The number of anilines is 1. The van der Waals surface area contributed by atoms with Crippen molar-refractivity contribution in [3.63, 3.8) is 0 Å². The van der Waals surface area contributed by atoms with Gasteiger partial charge < -0.3 is 15.7 Å². The van der Waals surface area contributed by atoms with Crippen molar-refractivity contribution in [2.24, 2.45) is 5.41 Å². The van der Waals surface area contributed by atoms with Gasteiger partial charge in [0.1, 0.15) is 0 Å². The minimum absolute atomic E-state index is 0.0235. The number of carboxylic acid groups (broad SMARTS) is 1. The molecule has 0 atom stereocenters. The summed E-state index contributed by atoms with van der Waals surface area (Å²) in [7, 11) is -3.65. The Bertz CT molecular complexity index is 793. The molecule has 0 spiro atoms. The molecule has 0 saturated heterocycles. The van der Waals surface area contributed by atoms with Gasteiger partial charge in [-0.05, 0) is 23.6 Å². The predicted octanol–water partition coefficient (Wildman–Crippen LogP) is 1.28. The summed E-state index contributed by atoms with van der Waals surface area (Å²) in [4.78, 5) is 34.5. The monoisotopic (exact) mass is 370 g/mol. The topological polar surface area (TPSA) is 130 Å². The van der Waals surface area contributed by atoms with Crippen LogP contribution in [0.15, 0.2) is 23.1 Å². The molecule has 0 radical (unpaired) electrons. The van der Waals surface area contributed by atoms with Gasteiger partial charge in [-0.3, -0.25) is 9.59 Å². The first-order valence-electron chi connectivity index (χ1n) is 7.43. The molecule has 0 aliphatic heterocycles. The van der Waals surface area contributed by atoms with Gasteiger partial charge in [-0.2, -0.15) is 0 Å². The van der Waals surface area contributed by atoms with E-state index in [1.807, 2.05) is 20.8 Å². The number of nitrogens with one attached hydrogen (secondary N) is 2. The van der Waals surface area contributed by atoms with Gasteiger partial charge in [0.15, 0.2) is 9.84 Å². The quantitative estimate of drug-likeness (QED) is 0.691. The van der Waals surface area contributed by atoms with Crippen molar-refractivity contribution in [1.82, 2.24) is 5.32 Å². The van der Waals surface area contributed by atoms with Crippen molar-refractivity contribution in [2.45, 2.75) is 32.1 Å². The van der Waals surface area contributed by atoms with Crippen molar-refractivity contribution in [1.29, 1.82) is 0 Å². The molecule has 8 nitrogen and oxygen atoms in total. The third kappa shape index (κ3) is 7.34. The highest BCUT2D eigenvalue weighted by Crippen LogP contribution is 2.20. The first-order valence-corrected chi connectivity index (χ1v) is 9.32. The highest BCUT2D eigenvalue weighted by atomic mass is 32.2. The highest BCUT2D eigenvalue weighted by Gasteiger charge is 2.17. The molecular weight excluding hydrogens is 348 g/mol. The summed E-state index contributed by atoms with van der Waals surface area (Å²) in [6, 6.07) is 3.32. The molecule has 0 aliphatic rings. The third-order valence-corrected chi connectivity index (χ3v) is 4.09. The summed E-state index contributed by atoms with van der Waals surface area (Å²) in [5.74, 6) is -2.21. The lowest BCUT2D eigenvalue weighted by molar-refractivity contribution is -0.125. The van der Waals surface area contributed by atoms with Crippen LogP contribution in [-0.2, 0) is 19.4 Å². The number of carboxylic acids is 1. The summed E-state index contributed by atoms with van der Waals surface area (Å²) < 4.78 is 23.3. The van der Waals surface area contributed by atoms with Crippen LogP contribution >= 0.6 is 0 Å². The van der Waals surface area contributed by atoms with E-state index in [0.29, 0.717) is 0 Å². The van der Waals surface area contributed by atoms with Crippen molar-refractivity contribution < 1.29 is 27.9 Å². The third-order valence-electron chi connectivity index (χ3n) is 3.00. The van der Waals surface area contributed by atoms with Crippen LogP contribution in [0.1, 0.15) is 37.6 Å². The summed E-state index contributed by atoms with van der Waals surface area (Å²) in [6.07, 6.45) is 1.18. The lowest BCUT2D eigenvalue weighted by atomic mass is 9.92. The van der Waals surface area contributed by atoms with Gasteiger partial charge in [0.2, 0.25) is 11.8 Å². The normalized spacial score (nSPS) is 11.7. The van der Waals surface area contributed by atoms with E-state index in [2.05, 4.69) is 10.6 Å². The molecule has 0 heterocycles. The van der Waals surface area contributed by atoms with Gasteiger partial charge in [-0.25, -0.2) is 13.2 Å². The number of sulfone groups is 1. The van der Waals surface area contributed by atoms with Gasteiger partial charge in [0, 0.05) is 18.4 Å². The summed E-state index contributed by atoms with van der Waals surface area (Å²) in [5.41, 5.74) is -0.466. The van der Waals surface area contributed by atoms with Crippen molar-refractivity contribution >= 4 is 33.3 Å². The van der Waals surface area contributed by atoms with Crippen LogP contribution in [0, 0.1) is 5.41 Å². The lowest BCUT2D eigenvalue weighted by Crippen LogP contribution is -2.34. The summed E-state index contributed by atoms with van der Waals surface area (Å²) >= 11 is 0. The molecule has 0 fully saturated rings. The predicted molar refractivity (Wildman–Crippen MR) is 92.2 cm³/mol. The van der Waals surface area contributed by atoms with E-state index >= 15 is 0 Å². The van der Waals surface area contributed by atoms with E-state index in [-0.39, 0.29) is 40.4 Å². The zero-order chi connectivity index (χ0) is 19.4. The molecule has 3 N–H and O–H groups in total. The minimum atomic E-state index is -3.65. The van der Waals surface area contributed by atoms with Crippen molar-refractivity contribution in [2.75, 3.05) is 18.1 Å². The molecule has 138 valence electrons. The number of amides is 2. The van der Waals surface area contributed by atoms with E-state index in [1.165, 1.54) is 0 Å². The maximum absolute atomic E-state index is 11.9. The van der Waals surface area contributed by atoms with Crippen LogP contribution in [0.5, 0.6) is 0 Å². The maximum atomic E-state index is 11.9. The molecule has 0 aromatic heterocycles. The molecule has 1 aromatic rings. The average Bonchev–Trinajstić information content (AvgIpc) is 2.42. The molecular formula is C16H22N2O6S. The van der Waals surface area contributed by atoms with E-state index in [4.69, 9.17) is 5.11 Å². The fourth-order valence-electron chi connectivity index (χ4n) is 1.94. The Hall–Kier alpha value is -2.42. The number of rotatable bonds is 6. The second-order valence-electron chi connectivity index (χ2n) is 6.89. The van der Waals surface area contributed by atoms with E-state index in [9.17, 15) is 22.8 Å². The Morgan fingerprint density at radius 3 is 2.16 bits per heavy atom. The first-order chi connectivity index (χ1) is 11.3. The maximum Gasteiger partial charge on any atom is 0.335 e. The van der Waals surface area contributed by atoms with Crippen molar-refractivity contribution in [3.8, 4) is 0 Å². The second kappa shape index (κ2) is 7.64. The largest absolute Gasteiger partial charge is 0.478 e. The number of carbonyl (C=O) groups excluding carboxylic acids is 2. The fraction of sp³-hybridized carbons (Fsp3) is 0.438. The van der Waals surface area contributed by atoms with E-state index < -0.39 is 21.7 Å². The van der Waals surface area contributed by atoms with E-state index in [1.54, 1.807) is 0 Å². The summed E-state index contributed by atoms with van der Waals surface area (Å²) in [6.45, 7) is 5.35. The molecule has 1 rings (SSSR count). The number of aromatic carboxylic acids is 1. The Kier molecular flexibility index (Phi) is 6.31. The van der Waals surface area contributed by atoms with Gasteiger partial charge in [0.05, 0.1) is 17.0 Å². The van der Waals surface area contributed by atoms with Crippen LogP contribution in [-0.4, -0.2) is 44.1 Å². The standard InChI is InChI=1S/C16H22N2O6S/c1-16(2,3)8-13(19)17-9-14(20)18-11-5-10(15(21)22)6-12(7-11)25(4,23)24/h5-7H,8-9H2,1-4H3,(H,17,19)(H,18,20)(H,21,22). The SMILES string of the molecule is CC(C)(C)CC(=O)NCC(=O)Nc1cc(C(=O)O)cc(S(C)(=O)=O)c1. The van der Waals surface area contributed by atoms with Gasteiger partial charge >= 0.3 is 5.97 Å². The minimum Gasteiger partial charge on any atom is -0.478 e. The van der Waals surface area contributed by atoms with Crippen LogP contribution in [0.25, 0.3) is 0 Å². The number of benzene rings is 1. The van der Waals surface area contributed by atoms with Gasteiger partial charge in [-0.15, -0.1) is 0 Å². The zero-order valence-corrected chi connectivity index (χ0v) is 15.4. The number of carbonyl (C=O) groups is 3. The Balaban J connectivity index is 2.85. The van der Waals surface area contributed by atoms with Crippen LogP contribution in [0.4, 0.5) is 5.69 Å². The Morgan fingerprint density at radius 1 is 1.08 bits per heavy atom. The van der Waals surface area contributed by atoms with Gasteiger partial charge in [-0.1, -0.05) is 20.8 Å². The second-order valence-corrected chi connectivity index (χ2v) is 8.90. The van der Waals surface area contributed by atoms with Gasteiger partial charge in [0.25, 0.3) is 0 Å². The Labute approximate surface area is 146 Å². The molecule has 2 amide bonds. The molecule has 0 aliphatic carbocycles. The van der Waals surface area contributed by atoms with Crippen molar-refractivity contribution in [3.05, 3.63) is 23.8 Å². The molecule has 0 unspecified atom stereocenters. The molecule has 25 heavy (non-hydrogen) atoms. The average molecular weight is 370 g/mol. The highest BCUT2D eigenvalue weighted by molar-refractivity contribution is 7.90. The van der Waals surface area contributed by atoms with Crippen LogP contribution < -0.4 is 10.6 Å². The first kappa shape index (κ1) is 20.6. The molecule has 1 aromatic carbocycles. The van der Waals surface area contributed by atoms with Crippen LogP contribution in [0.2, 0.25) is 0 Å². The fourth-order valence-corrected chi connectivity index (χ4v) is 2.62. The Morgan fingerprint density at radius 2 is 1.68 bits per heavy atom. The lowest BCUT2D eigenvalue weighted by Gasteiger charge is -2.17. The smallest absolute Gasteiger partial charge is 0.335 e. The molecule has 0 saturated carbocycles. The summed E-state index contributed by atoms with van der Waals surface area (Å²) in [5, 5.41) is 13.9. The number of hydrogen-bond donors (Lipinski definition) is 3. The molecule has 0 bridgehead atoms. The number of hydrogen-bond acceptors (Lipinski definition) is 5. The molecule has 9 heteroatoms. The van der Waals surface area contributed by atoms with E-state index in [0.717, 1.165) is 24.5 Å². The zero-order valence-electron chi connectivity index (χ0n) is 14.5.